The van der Waals surface area contributed by atoms with Gasteiger partial charge in [-0.15, -0.1) is 0 Å². The molecule has 0 saturated carbocycles. The fourth-order valence-electron chi connectivity index (χ4n) is 3.64. The Morgan fingerprint density at radius 3 is 2.34 bits per heavy atom. The molecule has 0 bridgehead atoms. The van der Waals surface area contributed by atoms with Crippen LogP contribution in [-0.4, -0.2) is 48.7 Å². The number of anilines is 1. The number of halogens is 1. The molecule has 0 spiro atoms. The van der Waals surface area contributed by atoms with Crippen LogP contribution in [0.4, 0.5) is 5.69 Å². The van der Waals surface area contributed by atoms with Crippen LogP contribution in [0.1, 0.15) is 11.3 Å². The molecule has 4 rings (SSSR count). The minimum absolute atomic E-state index is 0.258. The van der Waals surface area contributed by atoms with E-state index in [1.165, 1.54) is 0 Å². The molecule has 1 aromatic heterocycles. The van der Waals surface area contributed by atoms with E-state index in [1.807, 2.05) is 55.5 Å². The molecule has 0 amide bonds. The molecular weight excluding hydrogens is 408 g/mol. The quantitative estimate of drug-likeness (QED) is 0.633. The SMILES string of the molecule is Cc1ccc(Cl)cc1N1CCN(S(=O)(=O)c2cn(-c3ccccc3)nc2C)CC1. The summed E-state index contributed by atoms with van der Waals surface area (Å²) in [4.78, 5) is 2.45. The van der Waals surface area contributed by atoms with Crippen molar-refractivity contribution in [1.82, 2.24) is 14.1 Å². The van der Waals surface area contributed by atoms with Crippen molar-refractivity contribution >= 4 is 27.3 Å². The number of aromatic nitrogens is 2. The summed E-state index contributed by atoms with van der Waals surface area (Å²) < 4.78 is 29.7. The number of hydrogen-bond acceptors (Lipinski definition) is 4. The predicted molar refractivity (Wildman–Crippen MR) is 115 cm³/mol. The van der Waals surface area contributed by atoms with Gasteiger partial charge < -0.3 is 4.90 Å². The van der Waals surface area contributed by atoms with Gasteiger partial charge in [-0.3, -0.25) is 0 Å². The number of para-hydroxylation sites is 1. The van der Waals surface area contributed by atoms with Gasteiger partial charge in [0.15, 0.2) is 0 Å². The lowest BCUT2D eigenvalue weighted by Gasteiger charge is -2.36. The highest BCUT2D eigenvalue weighted by Crippen LogP contribution is 2.27. The fraction of sp³-hybridized carbons (Fsp3) is 0.286. The number of nitrogens with zero attached hydrogens (tertiary/aromatic N) is 4. The van der Waals surface area contributed by atoms with Gasteiger partial charge in [-0.25, -0.2) is 13.1 Å². The van der Waals surface area contributed by atoms with Gasteiger partial charge >= 0.3 is 0 Å². The van der Waals surface area contributed by atoms with Gasteiger partial charge in [0.2, 0.25) is 10.0 Å². The highest BCUT2D eigenvalue weighted by atomic mass is 35.5. The molecule has 0 unspecified atom stereocenters. The average molecular weight is 431 g/mol. The number of aryl methyl sites for hydroxylation is 2. The Morgan fingerprint density at radius 1 is 0.966 bits per heavy atom. The highest BCUT2D eigenvalue weighted by Gasteiger charge is 2.31. The maximum absolute atomic E-state index is 13.2. The van der Waals surface area contributed by atoms with E-state index in [-0.39, 0.29) is 4.90 Å². The Morgan fingerprint density at radius 2 is 1.66 bits per heavy atom. The van der Waals surface area contributed by atoms with Crippen LogP contribution in [0.2, 0.25) is 5.02 Å². The molecule has 6 nitrogen and oxygen atoms in total. The summed E-state index contributed by atoms with van der Waals surface area (Å²) in [5, 5.41) is 5.10. The van der Waals surface area contributed by atoms with E-state index in [4.69, 9.17) is 11.6 Å². The number of rotatable bonds is 4. The van der Waals surface area contributed by atoms with E-state index >= 15 is 0 Å². The van der Waals surface area contributed by atoms with Crippen LogP contribution >= 0.6 is 11.6 Å². The lowest BCUT2D eigenvalue weighted by molar-refractivity contribution is 0.384. The monoisotopic (exact) mass is 430 g/mol. The van der Waals surface area contributed by atoms with Crippen LogP contribution < -0.4 is 4.90 Å². The summed E-state index contributed by atoms with van der Waals surface area (Å²) in [5.41, 5.74) is 3.52. The molecule has 3 aromatic rings. The molecule has 29 heavy (non-hydrogen) atoms. The third-order valence-electron chi connectivity index (χ3n) is 5.24. The maximum Gasteiger partial charge on any atom is 0.246 e. The van der Waals surface area contributed by atoms with Crippen molar-refractivity contribution in [2.24, 2.45) is 0 Å². The van der Waals surface area contributed by atoms with Crippen LogP contribution in [0.15, 0.2) is 59.6 Å². The van der Waals surface area contributed by atoms with Gasteiger partial charge in [0.05, 0.1) is 17.6 Å². The van der Waals surface area contributed by atoms with Crippen molar-refractivity contribution < 1.29 is 8.42 Å². The molecule has 1 aliphatic rings. The van der Waals surface area contributed by atoms with E-state index in [0.717, 1.165) is 16.9 Å². The molecule has 0 atom stereocenters. The van der Waals surface area contributed by atoms with E-state index in [1.54, 1.807) is 22.1 Å². The van der Waals surface area contributed by atoms with Gasteiger partial charge in [-0.1, -0.05) is 35.9 Å². The first-order valence-corrected chi connectivity index (χ1v) is 11.3. The third kappa shape index (κ3) is 3.90. The van der Waals surface area contributed by atoms with Crippen LogP contribution in [0.25, 0.3) is 5.69 Å². The lowest BCUT2D eigenvalue weighted by atomic mass is 10.1. The number of benzene rings is 2. The standard InChI is InChI=1S/C21H23ClN4O2S/c1-16-8-9-18(22)14-20(16)24-10-12-25(13-11-24)29(27,28)21-15-26(23-17(21)2)19-6-4-3-5-7-19/h3-9,14-15H,10-13H2,1-2H3. The molecule has 0 radical (unpaired) electrons. The highest BCUT2D eigenvalue weighted by molar-refractivity contribution is 7.89. The van der Waals surface area contributed by atoms with Gasteiger partial charge in [-0.05, 0) is 43.7 Å². The van der Waals surface area contributed by atoms with Crippen LogP contribution in [0, 0.1) is 13.8 Å². The van der Waals surface area contributed by atoms with E-state index in [9.17, 15) is 8.42 Å². The summed E-state index contributed by atoms with van der Waals surface area (Å²) in [6.07, 6.45) is 1.60. The smallest absolute Gasteiger partial charge is 0.246 e. The molecule has 8 heteroatoms. The van der Waals surface area contributed by atoms with E-state index in [2.05, 4.69) is 10.00 Å². The molecule has 1 aliphatic heterocycles. The topological polar surface area (TPSA) is 58.4 Å². The second-order valence-electron chi connectivity index (χ2n) is 7.18. The van der Waals surface area contributed by atoms with Gasteiger partial charge in [0.25, 0.3) is 0 Å². The Kier molecular flexibility index (Phi) is 5.38. The molecule has 1 saturated heterocycles. The summed E-state index contributed by atoms with van der Waals surface area (Å²) in [5.74, 6) is 0. The summed E-state index contributed by atoms with van der Waals surface area (Å²) >= 11 is 6.15. The summed E-state index contributed by atoms with van der Waals surface area (Å²) in [7, 11) is -3.61. The van der Waals surface area contributed by atoms with Crippen molar-refractivity contribution in [3.8, 4) is 5.69 Å². The number of sulfonamides is 1. The Bertz CT molecular complexity index is 1120. The minimum atomic E-state index is -3.61. The van der Waals surface area contributed by atoms with Crippen LogP contribution in [0.3, 0.4) is 0 Å². The molecule has 1 fully saturated rings. The molecule has 2 aromatic carbocycles. The number of piperazine rings is 1. The largest absolute Gasteiger partial charge is 0.369 e. The zero-order chi connectivity index (χ0) is 20.6. The molecule has 2 heterocycles. The normalized spacial score (nSPS) is 15.6. The van der Waals surface area contributed by atoms with Crippen molar-refractivity contribution in [3.05, 3.63) is 71.0 Å². The first-order valence-electron chi connectivity index (χ1n) is 9.49. The molecular formula is C21H23ClN4O2S. The van der Waals surface area contributed by atoms with E-state index < -0.39 is 10.0 Å². The van der Waals surface area contributed by atoms with Crippen molar-refractivity contribution in [1.29, 1.82) is 0 Å². The predicted octanol–water partition coefficient (Wildman–Crippen LogP) is 3.65. The van der Waals surface area contributed by atoms with Gasteiger partial charge in [0.1, 0.15) is 4.90 Å². The molecule has 0 N–H and O–H groups in total. The maximum atomic E-state index is 13.2. The van der Waals surface area contributed by atoms with Crippen molar-refractivity contribution in [2.45, 2.75) is 18.7 Å². The second kappa shape index (κ2) is 7.82. The number of hydrogen-bond donors (Lipinski definition) is 0. The zero-order valence-electron chi connectivity index (χ0n) is 16.4. The lowest BCUT2D eigenvalue weighted by Crippen LogP contribution is -2.48. The van der Waals surface area contributed by atoms with Gasteiger partial charge in [-0.2, -0.15) is 9.40 Å². The van der Waals surface area contributed by atoms with Crippen molar-refractivity contribution in [2.75, 3.05) is 31.1 Å². The van der Waals surface area contributed by atoms with E-state index in [0.29, 0.717) is 36.9 Å². The van der Waals surface area contributed by atoms with Crippen molar-refractivity contribution in [3.63, 3.8) is 0 Å². The fourth-order valence-corrected chi connectivity index (χ4v) is 5.38. The Hall–Kier alpha value is -2.35. The average Bonchev–Trinajstić information content (AvgIpc) is 3.13. The van der Waals surface area contributed by atoms with Crippen LogP contribution in [-0.2, 0) is 10.0 Å². The zero-order valence-corrected chi connectivity index (χ0v) is 18.0. The molecule has 152 valence electrons. The Labute approximate surface area is 176 Å². The third-order valence-corrected chi connectivity index (χ3v) is 7.48. The second-order valence-corrected chi connectivity index (χ2v) is 9.52. The van der Waals surface area contributed by atoms with Gasteiger partial charge in [0, 0.05) is 36.9 Å². The Balaban J connectivity index is 1.54. The first kappa shape index (κ1) is 19.9. The summed E-state index contributed by atoms with van der Waals surface area (Å²) in [6, 6.07) is 15.3. The molecule has 0 aliphatic carbocycles. The summed E-state index contributed by atoms with van der Waals surface area (Å²) in [6.45, 7) is 5.85. The minimum Gasteiger partial charge on any atom is -0.369 e. The van der Waals surface area contributed by atoms with Crippen LogP contribution in [0.5, 0.6) is 0 Å². The first-order chi connectivity index (χ1) is 13.9.